The van der Waals surface area contributed by atoms with Crippen LogP contribution < -0.4 is 11.3 Å². The molecule has 2 aliphatic rings. The number of amides is 1. The standard InChI is InChI=1S/C25H28N6O3/c1-29-22-20(14-28-29)24(33)31(16-27-22)15-25(34)10-12-30(13-11-25)23(32)18-8-6-17(7-9-18)19-4-2-3-5-21(19)26/h2-8,14,16,18,34H,9-13,15,26H2,1H3. The summed E-state index contributed by atoms with van der Waals surface area (Å²) >= 11 is 0. The molecule has 1 atom stereocenters. The predicted octanol–water partition coefficient (Wildman–Crippen LogP) is 1.73. The van der Waals surface area contributed by atoms with Gasteiger partial charge >= 0.3 is 0 Å². The lowest BCUT2D eigenvalue weighted by atomic mass is 9.88. The van der Waals surface area contributed by atoms with Crippen molar-refractivity contribution in [1.29, 1.82) is 0 Å². The minimum Gasteiger partial charge on any atom is -0.398 e. The van der Waals surface area contributed by atoms with Gasteiger partial charge in [0, 0.05) is 31.4 Å². The summed E-state index contributed by atoms with van der Waals surface area (Å²) in [6.07, 6.45) is 10.3. The molecule has 0 radical (unpaired) electrons. The van der Waals surface area contributed by atoms with Crippen molar-refractivity contribution in [3.63, 3.8) is 0 Å². The number of benzene rings is 1. The molecule has 9 heteroatoms. The summed E-state index contributed by atoms with van der Waals surface area (Å²) in [5.41, 5.74) is 8.02. The third-order valence-electron chi connectivity index (χ3n) is 6.88. The zero-order valence-electron chi connectivity index (χ0n) is 19.1. The maximum absolute atomic E-state index is 13.1. The highest BCUT2D eigenvalue weighted by atomic mass is 16.3. The highest BCUT2D eigenvalue weighted by molar-refractivity contribution is 5.86. The van der Waals surface area contributed by atoms with Crippen LogP contribution in [0.5, 0.6) is 0 Å². The number of aliphatic hydroxyl groups is 1. The molecule has 5 rings (SSSR count). The highest BCUT2D eigenvalue weighted by Gasteiger charge is 2.36. The molecule has 1 saturated heterocycles. The van der Waals surface area contributed by atoms with Crippen molar-refractivity contribution in [2.75, 3.05) is 18.8 Å². The van der Waals surface area contributed by atoms with E-state index in [1.807, 2.05) is 41.3 Å². The van der Waals surface area contributed by atoms with Crippen LogP contribution >= 0.6 is 0 Å². The Morgan fingerprint density at radius 3 is 2.74 bits per heavy atom. The lowest BCUT2D eigenvalue weighted by Crippen LogP contribution is -2.50. The molecule has 1 unspecified atom stereocenters. The van der Waals surface area contributed by atoms with Crippen LogP contribution in [0.25, 0.3) is 16.6 Å². The van der Waals surface area contributed by atoms with E-state index in [1.54, 1.807) is 11.7 Å². The number of carbonyl (C=O) groups is 1. The number of rotatable bonds is 4. The molecule has 1 aliphatic heterocycles. The summed E-state index contributed by atoms with van der Waals surface area (Å²) in [6, 6.07) is 7.70. The number of fused-ring (bicyclic) bond motifs is 1. The molecule has 0 spiro atoms. The number of piperidine rings is 1. The number of hydrogen-bond acceptors (Lipinski definition) is 6. The number of nitrogens with zero attached hydrogens (tertiary/aromatic N) is 5. The van der Waals surface area contributed by atoms with E-state index in [-0.39, 0.29) is 23.9 Å². The Kier molecular flexibility index (Phi) is 5.57. The van der Waals surface area contributed by atoms with Crippen LogP contribution in [0.2, 0.25) is 0 Å². The van der Waals surface area contributed by atoms with Crippen LogP contribution in [0.3, 0.4) is 0 Å². The topological polar surface area (TPSA) is 119 Å². The molecule has 34 heavy (non-hydrogen) atoms. The number of anilines is 1. The van der Waals surface area contributed by atoms with E-state index in [4.69, 9.17) is 5.73 Å². The van der Waals surface area contributed by atoms with Crippen molar-refractivity contribution >= 4 is 28.2 Å². The van der Waals surface area contributed by atoms with Gasteiger partial charge in [0.15, 0.2) is 5.65 Å². The van der Waals surface area contributed by atoms with Gasteiger partial charge in [-0.15, -0.1) is 0 Å². The number of likely N-dealkylation sites (tertiary alicyclic amines) is 1. The second-order valence-corrected chi connectivity index (χ2v) is 9.18. The Morgan fingerprint density at radius 2 is 2.03 bits per heavy atom. The first-order chi connectivity index (χ1) is 16.3. The van der Waals surface area contributed by atoms with Gasteiger partial charge in [-0.3, -0.25) is 18.8 Å². The molecule has 0 bridgehead atoms. The third kappa shape index (κ3) is 4.03. The zero-order chi connectivity index (χ0) is 23.9. The van der Waals surface area contributed by atoms with Crippen molar-refractivity contribution in [2.24, 2.45) is 13.0 Å². The Labute approximate surface area is 196 Å². The Balaban J connectivity index is 1.21. The fourth-order valence-electron chi connectivity index (χ4n) is 4.80. The smallest absolute Gasteiger partial charge is 0.264 e. The minimum atomic E-state index is -1.07. The first kappa shape index (κ1) is 22.1. The van der Waals surface area contributed by atoms with E-state index in [0.717, 1.165) is 16.8 Å². The van der Waals surface area contributed by atoms with Gasteiger partial charge in [-0.2, -0.15) is 5.10 Å². The summed E-state index contributed by atoms with van der Waals surface area (Å²) in [5, 5.41) is 15.6. The average molecular weight is 461 g/mol. The number of allylic oxidation sites excluding steroid dienone is 3. The van der Waals surface area contributed by atoms with Gasteiger partial charge in [-0.1, -0.05) is 36.4 Å². The Morgan fingerprint density at radius 1 is 1.26 bits per heavy atom. The molecule has 1 fully saturated rings. The first-order valence-electron chi connectivity index (χ1n) is 11.5. The molecule has 3 N–H and O–H groups in total. The molecule has 176 valence electrons. The van der Waals surface area contributed by atoms with E-state index in [0.29, 0.717) is 43.4 Å². The summed E-state index contributed by atoms with van der Waals surface area (Å²) in [5.74, 6) is -0.162. The molecule has 9 nitrogen and oxygen atoms in total. The quantitative estimate of drug-likeness (QED) is 0.572. The fourth-order valence-corrected chi connectivity index (χ4v) is 4.80. The van der Waals surface area contributed by atoms with Gasteiger partial charge in [-0.05, 0) is 30.9 Å². The molecular weight excluding hydrogens is 432 g/mol. The maximum atomic E-state index is 13.1. The lowest BCUT2D eigenvalue weighted by Gasteiger charge is -2.39. The number of nitrogen functional groups attached to an aromatic ring is 1. The highest BCUT2D eigenvalue weighted by Crippen LogP contribution is 2.30. The summed E-state index contributed by atoms with van der Waals surface area (Å²) in [7, 11) is 1.73. The number of aromatic nitrogens is 4. The summed E-state index contributed by atoms with van der Waals surface area (Å²) in [4.78, 5) is 32.0. The van der Waals surface area contributed by atoms with E-state index < -0.39 is 5.60 Å². The van der Waals surface area contributed by atoms with Gasteiger partial charge in [0.25, 0.3) is 5.56 Å². The van der Waals surface area contributed by atoms with Crippen molar-refractivity contribution in [1.82, 2.24) is 24.2 Å². The van der Waals surface area contributed by atoms with Crippen LogP contribution in [0, 0.1) is 5.92 Å². The number of hydrogen-bond donors (Lipinski definition) is 2. The normalized spacial score (nSPS) is 19.9. The molecule has 0 saturated carbocycles. The number of aryl methyl sites for hydroxylation is 1. The third-order valence-corrected chi connectivity index (χ3v) is 6.88. The SMILES string of the molecule is Cn1ncc2c(=O)n(CC3(O)CCN(C(=O)C4C=CC(c5ccccc5N)=CC4)CC3)cnc21. The zero-order valence-corrected chi connectivity index (χ0v) is 19.1. The average Bonchev–Trinajstić information content (AvgIpc) is 3.23. The number of carbonyl (C=O) groups excluding carboxylic acids is 1. The number of para-hydroxylation sites is 1. The van der Waals surface area contributed by atoms with Crippen LogP contribution in [-0.4, -0.2) is 53.9 Å². The second kappa shape index (κ2) is 8.57. The van der Waals surface area contributed by atoms with Gasteiger partial charge in [0.2, 0.25) is 5.91 Å². The summed E-state index contributed by atoms with van der Waals surface area (Å²) < 4.78 is 2.99. The Hall–Kier alpha value is -3.72. The van der Waals surface area contributed by atoms with Gasteiger partial charge in [0.1, 0.15) is 11.7 Å². The van der Waals surface area contributed by atoms with Crippen molar-refractivity contribution < 1.29 is 9.90 Å². The van der Waals surface area contributed by atoms with Gasteiger partial charge < -0.3 is 15.7 Å². The second-order valence-electron chi connectivity index (χ2n) is 9.18. The molecule has 3 aromatic rings. The van der Waals surface area contributed by atoms with Crippen molar-refractivity contribution in [3.8, 4) is 0 Å². The van der Waals surface area contributed by atoms with Gasteiger partial charge in [-0.25, -0.2) is 4.98 Å². The molecule has 3 heterocycles. The molecule has 1 aliphatic carbocycles. The van der Waals surface area contributed by atoms with Crippen LogP contribution in [0.15, 0.2) is 59.8 Å². The maximum Gasteiger partial charge on any atom is 0.264 e. The molecule has 2 aromatic heterocycles. The van der Waals surface area contributed by atoms with E-state index in [2.05, 4.69) is 16.2 Å². The largest absolute Gasteiger partial charge is 0.398 e. The minimum absolute atomic E-state index is 0.0604. The van der Waals surface area contributed by atoms with Gasteiger partial charge in [0.05, 0.1) is 24.3 Å². The van der Waals surface area contributed by atoms with E-state index >= 15 is 0 Å². The van der Waals surface area contributed by atoms with Crippen LogP contribution in [0.1, 0.15) is 24.8 Å². The van der Waals surface area contributed by atoms with E-state index in [1.165, 1.54) is 17.1 Å². The Bertz CT molecular complexity index is 1360. The molecular formula is C25H28N6O3. The van der Waals surface area contributed by atoms with Crippen molar-refractivity contribution in [3.05, 3.63) is 70.9 Å². The van der Waals surface area contributed by atoms with Crippen LogP contribution in [-0.2, 0) is 18.4 Å². The predicted molar refractivity (Wildman–Crippen MR) is 130 cm³/mol. The lowest BCUT2D eigenvalue weighted by molar-refractivity contribution is -0.138. The molecule has 1 aromatic carbocycles. The fraction of sp³-hybridized carbons (Fsp3) is 0.360. The monoisotopic (exact) mass is 460 g/mol. The van der Waals surface area contributed by atoms with E-state index in [9.17, 15) is 14.7 Å². The summed E-state index contributed by atoms with van der Waals surface area (Å²) in [6.45, 7) is 1.03. The molecule has 1 amide bonds. The first-order valence-corrected chi connectivity index (χ1v) is 11.5. The van der Waals surface area contributed by atoms with Crippen molar-refractivity contribution in [2.45, 2.75) is 31.4 Å². The number of nitrogens with two attached hydrogens (primary N) is 1. The van der Waals surface area contributed by atoms with Crippen LogP contribution in [0.4, 0.5) is 5.69 Å².